The van der Waals surface area contributed by atoms with Gasteiger partial charge < -0.3 is 10.6 Å². The highest BCUT2D eigenvalue weighted by Gasteiger charge is 2.33. The Bertz CT molecular complexity index is 1210. The minimum atomic E-state index is -3.67. The monoisotopic (exact) mass is 497 g/mol. The van der Waals surface area contributed by atoms with Crippen LogP contribution in [0.5, 0.6) is 0 Å². The SMILES string of the molecule is CC(C)[C@H](N=C1NS(=O)(=O)c2ccccc21)C(=O)NC1CCN(CC(=O)Nc2ccccc2)CC1. The van der Waals surface area contributed by atoms with Gasteiger partial charge in [-0.2, -0.15) is 0 Å². The van der Waals surface area contributed by atoms with E-state index in [4.69, 9.17) is 0 Å². The Morgan fingerprint density at radius 2 is 1.71 bits per heavy atom. The molecule has 0 aliphatic carbocycles. The van der Waals surface area contributed by atoms with Crippen LogP contribution in [-0.4, -0.2) is 62.7 Å². The lowest BCUT2D eigenvalue weighted by atomic mass is 10.0. The molecule has 0 bridgehead atoms. The first-order valence-electron chi connectivity index (χ1n) is 11.8. The number of benzene rings is 2. The number of carbonyl (C=O) groups is 2. The van der Waals surface area contributed by atoms with Crippen molar-refractivity contribution in [2.45, 2.75) is 43.7 Å². The molecule has 2 heterocycles. The number of likely N-dealkylation sites (tertiary alicyclic amines) is 1. The molecular weight excluding hydrogens is 466 g/mol. The van der Waals surface area contributed by atoms with Gasteiger partial charge >= 0.3 is 0 Å². The molecule has 0 aromatic heterocycles. The number of fused-ring (bicyclic) bond motifs is 1. The maximum atomic E-state index is 13.1. The molecule has 2 aliphatic rings. The third kappa shape index (κ3) is 6.07. The van der Waals surface area contributed by atoms with E-state index >= 15 is 0 Å². The average Bonchev–Trinajstić information content (AvgIpc) is 3.09. The summed E-state index contributed by atoms with van der Waals surface area (Å²) in [4.78, 5) is 32.2. The molecule has 0 saturated carbocycles. The number of sulfonamides is 1. The summed E-state index contributed by atoms with van der Waals surface area (Å²) >= 11 is 0. The predicted molar refractivity (Wildman–Crippen MR) is 135 cm³/mol. The normalized spacial score (nSPS) is 19.7. The number of para-hydroxylation sites is 1. The van der Waals surface area contributed by atoms with E-state index in [0.29, 0.717) is 25.2 Å². The van der Waals surface area contributed by atoms with Crippen molar-refractivity contribution in [3.63, 3.8) is 0 Å². The van der Waals surface area contributed by atoms with Crippen molar-refractivity contribution in [3.05, 3.63) is 60.2 Å². The highest BCUT2D eigenvalue weighted by Crippen LogP contribution is 2.23. The van der Waals surface area contributed by atoms with Crippen LogP contribution in [0.15, 0.2) is 64.5 Å². The second-order valence-electron chi connectivity index (χ2n) is 9.24. The number of aliphatic imine (C=N–C) groups is 1. The zero-order valence-electron chi connectivity index (χ0n) is 19.9. The summed E-state index contributed by atoms with van der Waals surface area (Å²) in [5.74, 6) is -0.208. The number of amidine groups is 1. The van der Waals surface area contributed by atoms with Crippen LogP contribution in [0.1, 0.15) is 32.3 Å². The number of hydrogen-bond acceptors (Lipinski definition) is 6. The maximum absolute atomic E-state index is 13.1. The lowest BCUT2D eigenvalue weighted by Crippen LogP contribution is -2.49. The molecule has 3 N–H and O–H groups in total. The van der Waals surface area contributed by atoms with Crippen molar-refractivity contribution < 1.29 is 18.0 Å². The molecule has 4 rings (SSSR count). The van der Waals surface area contributed by atoms with E-state index in [-0.39, 0.29) is 34.5 Å². The van der Waals surface area contributed by atoms with Crippen LogP contribution >= 0.6 is 0 Å². The molecule has 10 heteroatoms. The molecule has 2 aliphatic heterocycles. The molecule has 1 atom stereocenters. The average molecular weight is 498 g/mol. The summed E-state index contributed by atoms with van der Waals surface area (Å²) in [5, 5.41) is 5.98. The number of nitrogens with zero attached hydrogens (tertiary/aromatic N) is 2. The van der Waals surface area contributed by atoms with Crippen LogP contribution in [-0.2, 0) is 19.6 Å². The van der Waals surface area contributed by atoms with E-state index in [1.54, 1.807) is 18.2 Å². The molecule has 2 aromatic carbocycles. The third-order valence-electron chi connectivity index (χ3n) is 6.19. The van der Waals surface area contributed by atoms with E-state index in [2.05, 4.69) is 25.2 Å². The number of anilines is 1. The second-order valence-corrected chi connectivity index (χ2v) is 10.9. The Morgan fingerprint density at radius 1 is 1.06 bits per heavy atom. The summed E-state index contributed by atoms with van der Waals surface area (Å²) in [5.41, 5.74) is 1.25. The van der Waals surface area contributed by atoms with Gasteiger partial charge in [-0.15, -0.1) is 0 Å². The summed E-state index contributed by atoms with van der Waals surface area (Å²) in [6, 6.07) is 15.2. The minimum absolute atomic E-state index is 0.0232. The summed E-state index contributed by atoms with van der Waals surface area (Å²) in [6.45, 7) is 5.47. The Hall–Kier alpha value is -3.24. The van der Waals surface area contributed by atoms with Crippen molar-refractivity contribution >= 4 is 33.4 Å². The quantitative estimate of drug-likeness (QED) is 0.540. The van der Waals surface area contributed by atoms with Crippen LogP contribution in [0.3, 0.4) is 0 Å². The number of hydrogen-bond donors (Lipinski definition) is 3. The van der Waals surface area contributed by atoms with Gasteiger partial charge in [0.2, 0.25) is 11.8 Å². The van der Waals surface area contributed by atoms with Gasteiger partial charge in [-0.3, -0.25) is 24.2 Å². The van der Waals surface area contributed by atoms with Crippen molar-refractivity contribution in [1.82, 2.24) is 14.9 Å². The molecule has 1 fully saturated rings. The Labute approximate surface area is 206 Å². The Morgan fingerprint density at radius 3 is 2.40 bits per heavy atom. The van der Waals surface area contributed by atoms with Crippen molar-refractivity contribution in [1.29, 1.82) is 0 Å². The van der Waals surface area contributed by atoms with Gasteiger partial charge in [-0.1, -0.05) is 44.2 Å². The molecule has 2 amide bonds. The first kappa shape index (κ1) is 24.9. The lowest BCUT2D eigenvalue weighted by Gasteiger charge is -2.32. The Balaban J connectivity index is 1.33. The topological polar surface area (TPSA) is 120 Å². The van der Waals surface area contributed by atoms with E-state index in [9.17, 15) is 18.0 Å². The second kappa shape index (κ2) is 10.6. The van der Waals surface area contributed by atoms with Crippen molar-refractivity contribution in [2.24, 2.45) is 10.9 Å². The smallest absolute Gasteiger partial charge is 0.263 e. The predicted octanol–water partition coefficient (Wildman–Crippen LogP) is 1.97. The summed E-state index contributed by atoms with van der Waals surface area (Å²) in [6.07, 6.45) is 1.45. The molecule has 0 unspecified atom stereocenters. The summed E-state index contributed by atoms with van der Waals surface area (Å²) < 4.78 is 27.2. The number of nitrogens with one attached hydrogen (secondary N) is 3. The molecule has 0 radical (unpaired) electrons. The van der Waals surface area contributed by atoms with Crippen LogP contribution in [0, 0.1) is 5.92 Å². The Kier molecular flexibility index (Phi) is 7.51. The molecule has 35 heavy (non-hydrogen) atoms. The fourth-order valence-corrected chi connectivity index (χ4v) is 5.57. The molecule has 1 saturated heterocycles. The number of rotatable bonds is 7. The summed E-state index contributed by atoms with van der Waals surface area (Å²) in [7, 11) is -3.67. The van der Waals surface area contributed by atoms with Gasteiger partial charge in [0.05, 0.1) is 11.4 Å². The van der Waals surface area contributed by atoms with E-state index < -0.39 is 16.1 Å². The number of carbonyl (C=O) groups excluding carboxylic acids is 2. The fourth-order valence-electron chi connectivity index (χ4n) is 4.33. The highest BCUT2D eigenvalue weighted by atomic mass is 32.2. The van der Waals surface area contributed by atoms with Crippen molar-refractivity contribution in [2.75, 3.05) is 25.0 Å². The van der Waals surface area contributed by atoms with E-state index in [1.165, 1.54) is 6.07 Å². The molecule has 0 spiro atoms. The fraction of sp³-hybridized carbons (Fsp3) is 0.400. The van der Waals surface area contributed by atoms with Gasteiger partial charge in [0.15, 0.2) is 0 Å². The van der Waals surface area contributed by atoms with Gasteiger partial charge in [0.25, 0.3) is 10.0 Å². The van der Waals surface area contributed by atoms with Gasteiger partial charge in [0, 0.05) is 30.4 Å². The van der Waals surface area contributed by atoms with Gasteiger partial charge in [-0.25, -0.2) is 8.42 Å². The van der Waals surface area contributed by atoms with E-state index in [0.717, 1.165) is 18.5 Å². The van der Waals surface area contributed by atoms with Gasteiger partial charge in [0.1, 0.15) is 11.9 Å². The van der Waals surface area contributed by atoms with Crippen molar-refractivity contribution in [3.8, 4) is 0 Å². The third-order valence-corrected chi connectivity index (χ3v) is 7.59. The standard InChI is InChI=1S/C25H31N5O4S/c1-17(2)23(28-24-20-10-6-7-11-21(20)35(33,34)29-24)25(32)27-19-12-14-30(15-13-19)16-22(31)26-18-8-4-3-5-9-18/h3-11,17,19,23H,12-16H2,1-2H3,(H,26,31)(H,27,32)(H,28,29)/t23-/m0/s1. The molecule has 9 nitrogen and oxygen atoms in total. The first-order chi connectivity index (χ1) is 16.7. The zero-order valence-corrected chi connectivity index (χ0v) is 20.7. The maximum Gasteiger partial charge on any atom is 0.263 e. The van der Waals surface area contributed by atoms with Crippen LogP contribution in [0.25, 0.3) is 0 Å². The number of amides is 2. The van der Waals surface area contributed by atoms with Crippen LogP contribution in [0.4, 0.5) is 5.69 Å². The van der Waals surface area contributed by atoms with Gasteiger partial charge in [-0.05, 0) is 43.0 Å². The number of piperidine rings is 1. The lowest BCUT2D eigenvalue weighted by molar-refractivity contribution is -0.124. The van der Waals surface area contributed by atoms with E-state index in [1.807, 2.05) is 44.2 Å². The molecule has 186 valence electrons. The minimum Gasteiger partial charge on any atom is -0.351 e. The highest BCUT2D eigenvalue weighted by molar-refractivity contribution is 7.90. The van der Waals surface area contributed by atoms with Crippen LogP contribution in [0.2, 0.25) is 0 Å². The molecule has 2 aromatic rings. The zero-order chi connectivity index (χ0) is 25.0. The first-order valence-corrected chi connectivity index (χ1v) is 13.3. The molecular formula is C25H31N5O4S. The largest absolute Gasteiger partial charge is 0.351 e. The van der Waals surface area contributed by atoms with Crippen LogP contribution < -0.4 is 15.4 Å².